The number of allylic oxidation sites excluding steroid dienone is 14. The highest BCUT2D eigenvalue weighted by Crippen LogP contribution is 2.17. The molecule has 438 valence electrons. The Hall–Kier alpha value is -3.41. The highest BCUT2D eigenvalue weighted by atomic mass is 16.6. The second-order valence-corrected chi connectivity index (χ2v) is 21.6. The van der Waals surface area contributed by atoms with Crippen LogP contribution in [-0.4, -0.2) is 37.2 Å². The molecule has 0 saturated carbocycles. The Morgan fingerprint density at radius 1 is 0.276 bits per heavy atom. The summed E-state index contributed by atoms with van der Waals surface area (Å²) in [7, 11) is 0. The van der Waals surface area contributed by atoms with E-state index in [9.17, 15) is 14.4 Å². The van der Waals surface area contributed by atoms with E-state index in [1.807, 2.05) is 0 Å². The Morgan fingerprint density at radius 2 is 0.513 bits per heavy atom. The first kappa shape index (κ1) is 72.6. The summed E-state index contributed by atoms with van der Waals surface area (Å²) in [5.41, 5.74) is 0. The minimum atomic E-state index is -0.779. The molecule has 0 aliphatic heterocycles. The predicted molar refractivity (Wildman–Crippen MR) is 330 cm³/mol. The third-order valence-corrected chi connectivity index (χ3v) is 14.1. The molecule has 6 nitrogen and oxygen atoms in total. The number of rotatable bonds is 59. The topological polar surface area (TPSA) is 78.9 Å². The van der Waals surface area contributed by atoms with Gasteiger partial charge in [-0.25, -0.2) is 0 Å². The Morgan fingerprint density at radius 3 is 0.816 bits per heavy atom. The maximum absolute atomic E-state index is 12.8. The minimum Gasteiger partial charge on any atom is -0.462 e. The van der Waals surface area contributed by atoms with Gasteiger partial charge in [-0.05, 0) is 96.3 Å². The van der Waals surface area contributed by atoms with Gasteiger partial charge in [0.25, 0.3) is 0 Å². The van der Waals surface area contributed by atoms with Crippen molar-refractivity contribution >= 4 is 17.9 Å². The summed E-state index contributed by atoms with van der Waals surface area (Å²) in [6, 6.07) is 0. The largest absolute Gasteiger partial charge is 0.462 e. The molecule has 0 bridgehead atoms. The standard InChI is InChI=1S/C70H122O6/c1-4-7-10-13-16-19-21-23-25-27-28-29-30-31-32-33-34-35-36-37-38-39-40-41-42-43-45-46-48-51-54-57-60-63-69(72)75-66-67(65-74-68(71)62-59-56-53-50-18-15-12-9-6-3)76-70(73)64-61-58-55-52-49-47-44-26-24-22-20-17-14-11-8-5-2/h7,10,16,19-20,22-23,25-26,28-29,31-32,44,67H,4-6,8-9,11-15,17-18,21,24,27,30,33-43,45-66H2,1-3H3/b10-7-,19-16-,22-20-,25-23-,29-28-,32-31-,44-26-. The van der Waals surface area contributed by atoms with Gasteiger partial charge in [-0.2, -0.15) is 0 Å². The Bertz CT molecular complexity index is 1450. The lowest BCUT2D eigenvalue weighted by atomic mass is 10.0. The van der Waals surface area contributed by atoms with Crippen molar-refractivity contribution in [1.29, 1.82) is 0 Å². The number of unbranched alkanes of at least 4 members (excludes halogenated alkanes) is 34. The Balaban J connectivity index is 4.08. The molecule has 0 radical (unpaired) electrons. The molecule has 0 aliphatic carbocycles. The first-order valence-corrected chi connectivity index (χ1v) is 32.6. The Kier molecular flexibility index (Phi) is 61.2. The highest BCUT2D eigenvalue weighted by molar-refractivity contribution is 5.71. The van der Waals surface area contributed by atoms with Gasteiger partial charge in [0.1, 0.15) is 13.2 Å². The number of ether oxygens (including phenoxy) is 3. The number of hydrogen-bond donors (Lipinski definition) is 0. The van der Waals surface area contributed by atoms with Crippen LogP contribution in [0.2, 0.25) is 0 Å². The lowest BCUT2D eigenvalue weighted by Crippen LogP contribution is -2.30. The summed E-state index contributed by atoms with van der Waals surface area (Å²) >= 11 is 0. The summed E-state index contributed by atoms with van der Waals surface area (Å²) in [5, 5.41) is 0. The van der Waals surface area contributed by atoms with E-state index in [0.29, 0.717) is 19.3 Å². The molecule has 0 aromatic heterocycles. The van der Waals surface area contributed by atoms with Gasteiger partial charge in [0.15, 0.2) is 6.10 Å². The number of carbonyl (C=O) groups is 3. The first-order chi connectivity index (χ1) is 37.5. The second kappa shape index (κ2) is 64.1. The summed E-state index contributed by atoms with van der Waals surface area (Å²) in [6.45, 7) is 6.51. The normalized spacial score (nSPS) is 12.6. The van der Waals surface area contributed by atoms with Crippen molar-refractivity contribution in [1.82, 2.24) is 0 Å². The molecule has 1 unspecified atom stereocenters. The van der Waals surface area contributed by atoms with Crippen LogP contribution in [0, 0.1) is 0 Å². The summed E-state index contributed by atoms with van der Waals surface area (Å²) in [5.74, 6) is -0.881. The molecule has 0 aliphatic rings. The van der Waals surface area contributed by atoms with Crippen molar-refractivity contribution in [2.24, 2.45) is 0 Å². The molecule has 0 amide bonds. The van der Waals surface area contributed by atoms with Gasteiger partial charge >= 0.3 is 17.9 Å². The zero-order valence-electron chi connectivity index (χ0n) is 50.3. The van der Waals surface area contributed by atoms with Gasteiger partial charge < -0.3 is 14.2 Å². The van der Waals surface area contributed by atoms with Crippen molar-refractivity contribution in [2.75, 3.05) is 13.2 Å². The van der Waals surface area contributed by atoms with Gasteiger partial charge in [0.05, 0.1) is 0 Å². The van der Waals surface area contributed by atoms with E-state index in [2.05, 4.69) is 106 Å². The molecular weight excluding hydrogens is 937 g/mol. The molecule has 0 aromatic rings. The summed E-state index contributed by atoms with van der Waals surface area (Å²) in [4.78, 5) is 38.1. The van der Waals surface area contributed by atoms with Crippen LogP contribution in [-0.2, 0) is 28.6 Å². The summed E-state index contributed by atoms with van der Waals surface area (Å²) < 4.78 is 16.9. The molecule has 0 N–H and O–H groups in total. The fourth-order valence-corrected chi connectivity index (χ4v) is 9.27. The van der Waals surface area contributed by atoms with Crippen LogP contribution in [0.4, 0.5) is 0 Å². The smallest absolute Gasteiger partial charge is 0.306 e. The zero-order valence-corrected chi connectivity index (χ0v) is 50.3. The molecule has 0 aromatic carbocycles. The van der Waals surface area contributed by atoms with Crippen molar-refractivity contribution in [3.05, 3.63) is 85.1 Å². The average molecular weight is 1060 g/mol. The molecule has 0 spiro atoms. The lowest BCUT2D eigenvalue weighted by Gasteiger charge is -2.18. The Labute approximate surface area is 471 Å². The lowest BCUT2D eigenvalue weighted by molar-refractivity contribution is -0.167. The zero-order chi connectivity index (χ0) is 55.0. The van der Waals surface area contributed by atoms with Crippen LogP contribution in [0.15, 0.2) is 85.1 Å². The SMILES string of the molecule is CC/C=C\C/C=C\C/C=C\C/C=C\C/C=C\CCCCCCCCCCCCCCCCCCCC(=O)OCC(COC(=O)CCCCCCCCCCC)OC(=O)CCCCCCC/C=C\C/C=C\CCCCCC. The van der Waals surface area contributed by atoms with E-state index in [-0.39, 0.29) is 31.1 Å². The predicted octanol–water partition coefficient (Wildman–Crippen LogP) is 22.3. The van der Waals surface area contributed by atoms with Crippen LogP contribution < -0.4 is 0 Å². The molecule has 1 atom stereocenters. The van der Waals surface area contributed by atoms with Gasteiger partial charge in [0.2, 0.25) is 0 Å². The fraction of sp³-hybridized carbons (Fsp3) is 0.757. The minimum absolute atomic E-state index is 0.0775. The van der Waals surface area contributed by atoms with Crippen LogP contribution in [0.3, 0.4) is 0 Å². The van der Waals surface area contributed by atoms with Gasteiger partial charge in [0, 0.05) is 19.3 Å². The van der Waals surface area contributed by atoms with Crippen molar-refractivity contribution < 1.29 is 28.6 Å². The van der Waals surface area contributed by atoms with Crippen molar-refractivity contribution in [3.63, 3.8) is 0 Å². The number of hydrogen-bond acceptors (Lipinski definition) is 6. The maximum atomic E-state index is 12.8. The van der Waals surface area contributed by atoms with Crippen LogP contribution >= 0.6 is 0 Å². The van der Waals surface area contributed by atoms with Gasteiger partial charge in [-0.1, -0.05) is 292 Å². The number of esters is 3. The van der Waals surface area contributed by atoms with E-state index in [4.69, 9.17) is 14.2 Å². The molecule has 0 fully saturated rings. The van der Waals surface area contributed by atoms with E-state index in [1.54, 1.807) is 0 Å². The van der Waals surface area contributed by atoms with E-state index >= 15 is 0 Å². The summed E-state index contributed by atoms with van der Waals surface area (Å²) in [6.07, 6.45) is 84.7. The third-order valence-electron chi connectivity index (χ3n) is 14.1. The van der Waals surface area contributed by atoms with Gasteiger partial charge in [-0.3, -0.25) is 14.4 Å². The molecule has 76 heavy (non-hydrogen) atoms. The average Bonchev–Trinajstić information content (AvgIpc) is 3.42. The fourth-order valence-electron chi connectivity index (χ4n) is 9.27. The molecule has 0 heterocycles. The first-order valence-electron chi connectivity index (χ1n) is 32.6. The molecule has 0 rings (SSSR count). The maximum Gasteiger partial charge on any atom is 0.306 e. The van der Waals surface area contributed by atoms with E-state index in [0.717, 1.165) is 116 Å². The quantitative estimate of drug-likeness (QED) is 0.0261. The highest BCUT2D eigenvalue weighted by Gasteiger charge is 2.19. The number of carbonyl (C=O) groups excluding carboxylic acids is 3. The van der Waals surface area contributed by atoms with Crippen molar-refractivity contribution in [2.45, 2.75) is 329 Å². The molecule has 0 saturated heterocycles. The van der Waals surface area contributed by atoms with Gasteiger partial charge in [-0.15, -0.1) is 0 Å². The second-order valence-electron chi connectivity index (χ2n) is 21.6. The van der Waals surface area contributed by atoms with Crippen LogP contribution in [0.25, 0.3) is 0 Å². The van der Waals surface area contributed by atoms with E-state index in [1.165, 1.54) is 167 Å². The third kappa shape index (κ3) is 61.4. The van der Waals surface area contributed by atoms with Crippen LogP contribution in [0.5, 0.6) is 0 Å². The monoisotopic (exact) mass is 1060 g/mol. The van der Waals surface area contributed by atoms with Crippen molar-refractivity contribution in [3.8, 4) is 0 Å². The molecular formula is C70H122O6. The molecule has 6 heteroatoms. The van der Waals surface area contributed by atoms with Crippen LogP contribution in [0.1, 0.15) is 323 Å². The van der Waals surface area contributed by atoms with E-state index < -0.39 is 6.10 Å².